The Balaban J connectivity index is 0.000000325. The molecule has 2 N–H and O–H groups in total. The molecule has 17 heavy (non-hydrogen) atoms. The summed E-state index contributed by atoms with van der Waals surface area (Å²) >= 11 is 0. The molecule has 1 saturated heterocycles. The van der Waals surface area contributed by atoms with Crippen molar-refractivity contribution in [3.8, 4) is 0 Å². The molecular weight excluding hydrogens is 265 g/mol. The van der Waals surface area contributed by atoms with E-state index >= 15 is 0 Å². The molecule has 0 saturated carbocycles. The van der Waals surface area contributed by atoms with Crippen molar-refractivity contribution in [2.75, 3.05) is 32.4 Å². The number of aliphatic carboxylic acids is 1. The summed E-state index contributed by atoms with van der Waals surface area (Å²) in [6, 6.07) is 0. The number of carbonyl (C=O) groups is 1. The Morgan fingerprint density at radius 2 is 1.65 bits per heavy atom. The van der Waals surface area contributed by atoms with Gasteiger partial charge in [-0.05, 0) is 0 Å². The van der Waals surface area contributed by atoms with Crippen LogP contribution in [0.5, 0.6) is 0 Å². The van der Waals surface area contributed by atoms with Crippen molar-refractivity contribution in [1.29, 1.82) is 0 Å². The highest BCUT2D eigenvalue weighted by atomic mass is 32.2. The van der Waals surface area contributed by atoms with Crippen LogP contribution < -0.4 is 5.32 Å². The smallest absolute Gasteiger partial charge is 0.475 e. The van der Waals surface area contributed by atoms with Gasteiger partial charge in [-0.1, -0.05) is 0 Å². The minimum absolute atomic E-state index is 0.610. The zero-order valence-corrected chi connectivity index (χ0v) is 9.81. The van der Waals surface area contributed by atoms with Gasteiger partial charge in [0, 0.05) is 26.2 Å². The second-order valence-corrected chi connectivity index (χ2v) is 5.20. The maximum Gasteiger partial charge on any atom is 0.490 e. The van der Waals surface area contributed by atoms with Crippen LogP contribution in [0.3, 0.4) is 0 Å². The topological polar surface area (TPSA) is 86.7 Å². The normalized spacial score (nSPS) is 18.1. The number of hydrogen-bond donors (Lipinski definition) is 2. The summed E-state index contributed by atoms with van der Waals surface area (Å²) in [7, 11) is -2.93. The number of nitrogens with zero attached hydrogens (tertiary/aromatic N) is 1. The van der Waals surface area contributed by atoms with Crippen molar-refractivity contribution >= 4 is 16.0 Å². The van der Waals surface area contributed by atoms with Gasteiger partial charge in [-0.2, -0.15) is 17.5 Å². The number of hydrogen-bond acceptors (Lipinski definition) is 4. The average molecular weight is 278 g/mol. The Labute approximate surface area is 96.5 Å². The summed E-state index contributed by atoms with van der Waals surface area (Å²) in [6.45, 7) is 2.76. The molecule has 6 nitrogen and oxygen atoms in total. The molecule has 0 spiro atoms. The first-order valence-corrected chi connectivity index (χ1v) is 6.36. The lowest BCUT2D eigenvalue weighted by atomic mass is 10.4. The highest BCUT2D eigenvalue weighted by Gasteiger charge is 2.38. The number of piperazine rings is 1. The van der Waals surface area contributed by atoms with Gasteiger partial charge in [0.05, 0.1) is 6.26 Å². The minimum Gasteiger partial charge on any atom is -0.475 e. The molecule has 0 unspecified atom stereocenters. The molecule has 0 aromatic heterocycles. The molecule has 1 aliphatic rings. The third-order valence-corrected chi connectivity index (χ3v) is 3.09. The molecule has 0 amide bonds. The third-order valence-electron chi connectivity index (χ3n) is 1.79. The van der Waals surface area contributed by atoms with Crippen molar-refractivity contribution in [3.05, 3.63) is 0 Å². The fourth-order valence-electron chi connectivity index (χ4n) is 0.976. The number of nitrogens with one attached hydrogen (secondary N) is 1. The SMILES string of the molecule is CS(=O)(=O)N1CCNCC1.O=C(O)C(F)(F)F. The summed E-state index contributed by atoms with van der Waals surface area (Å²) in [5.41, 5.74) is 0. The first-order chi connectivity index (χ1) is 7.55. The molecule has 0 bridgehead atoms. The fraction of sp³-hybridized carbons (Fsp3) is 0.857. The van der Waals surface area contributed by atoms with Crippen LogP contribution in [0, 0.1) is 0 Å². The Bertz CT molecular complexity index is 349. The van der Waals surface area contributed by atoms with E-state index in [1.165, 1.54) is 10.6 Å². The van der Waals surface area contributed by atoms with E-state index in [-0.39, 0.29) is 0 Å². The van der Waals surface area contributed by atoms with Crippen molar-refractivity contribution in [1.82, 2.24) is 9.62 Å². The zero-order valence-electron chi connectivity index (χ0n) is 8.99. The lowest BCUT2D eigenvalue weighted by Gasteiger charge is -2.24. The number of rotatable bonds is 1. The van der Waals surface area contributed by atoms with E-state index in [0.717, 1.165) is 13.1 Å². The first-order valence-electron chi connectivity index (χ1n) is 4.51. The van der Waals surface area contributed by atoms with Gasteiger partial charge in [-0.3, -0.25) is 0 Å². The van der Waals surface area contributed by atoms with E-state index in [1.54, 1.807) is 0 Å². The summed E-state index contributed by atoms with van der Waals surface area (Å²) in [4.78, 5) is 8.90. The molecule has 0 atom stereocenters. The van der Waals surface area contributed by atoms with Crippen molar-refractivity contribution in [2.24, 2.45) is 0 Å². The van der Waals surface area contributed by atoms with Gasteiger partial charge >= 0.3 is 12.1 Å². The second kappa shape index (κ2) is 6.17. The molecule has 0 radical (unpaired) electrons. The molecular formula is C7H13F3N2O4S. The highest BCUT2D eigenvalue weighted by molar-refractivity contribution is 7.88. The van der Waals surface area contributed by atoms with E-state index in [9.17, 15) is 21.6 Å². The number of sulfonamides is 1. The predicted molar refractivity (Wildman–Crippen MR) is 53.0 cm³/mol. The van der Waals surface area contributed by atoms with E-state index in [4.69, 9.17) is 9.90 Å². The van der Waals surface area contributed by atoms with E-state index in [0.29, 0.717) is 13.1 Å². The molecule has 1 heterocycles. The van der Waals surface area contributed by atoms with Crippen LogP contribution in [-0.2, 0) is 14.8 Å². The molecule has 0 aromatic rings. The van der Waals surface area contributed by atoms with Crippen LogP contribution in [0.25, 0.3) is 0 Å². The summed E-state index contributed by atoms with van der Waals surface area (Å²) in [5, 5.41) is 10.2. The lowest BCUT2D eigenvalue weighted by Crippen LogP contribution is -2.45. The van der Waals surface area contributed by atoms with Gasteiger partial charge in [0.25, 0.3) is 0 Å². The van der Waals surface area contributed by atoms with Crippen LogP contribution in [0.1, 0.15) is 0 Å². The number of carboxylic acids is 1. The second-order valence-electron chi connectivity index (χ2n) is 3.21. The number of alkyl halides is 3. The van der Waals surface area contributed by atoms with Gasteiger partial charge in [0.15, 0.2) is 0 Å². The van der Waals surface area contributed by atoms with Crippen molar-refractivity contribution in [3.63, 3.8) is 0 Å². The number of halogens is 3. The Hall–Kier alpha value is -0.870. The molecule has 0 aliphatic carbocycles. The number of carboxylic acid groups (broad SMARTS) is 1. The first kappa shape index (κ1) is 16.1. The van der Waals surface area contributed by atoms with E-state index in [1.807, 2.05) is 0 Å². The standard InChI is InChI=1S/C5H12N2O2S.C2HF3O2/c1-10(8,9)7-4-2-6-3-5-7;3-2(4,5)1(6)7/h6H,2-5H2,1H3;(H,6,7). The quantitative estimate of drug-likeness (QED) is 0.674. The predicted octanol–water partition coefficient (Wildman–Crippen LogP) is -0.516. The third kappa shape index (κ3) is 7.13. The largest absolute Gasteiger partial charge is 0.490 e. The summed E-state index contributed by atoms with van der Waals surface area (Å²) < 4.78 is 55.0. The van der Waals surface area contributed by atoms with Gasteiger partial charge in [0.1, 0.15) is 0 Å². The molecule has 10 heteroatoms. The monoisotopic (exact) mass is 278 g/mol. The fourth-order valence-corrected chi connectivity index (χ4v) is 1.82. The van der Waals surface area contributed by atoms with Gasteiger partial charge in [0.2, 0.25) is 10.0 Å². The van der Waals surface area contributed by atoms with E-state index in [2.05, 4.69) is 5.32 Å². The average Bonchev–Trinajstić information content (AvgIpc) is 2.17. The van der Waals surface area contributed by atoms with Gasteiger partial charge in [-0.25, -0.2) is 13.2 Å². The van der Waals surface area contributed by atoms with Crippen LogP contribution in [0.2, 0.25) is 0 Å². The summed E-state index contributed by atoms with van der Waals surface area (Å²) in [6.07, 6.45) is -3.84. The minimum atomic E-state index is -5.08. The van der Waals surface area contributed by atoms with Crippen molar-refractivity contribution in [2.45, 2.75) is 6.18 Å². The van der Waals surface area contributed by atoms with E-state index < -0.39 is 22.2 Å². The Morgan fingerprint density at radius 1 is 1.29 bits per heavy atom. The molecule has 1 aliphatic heterocycles. The zero-order chi connectivity index (χ0) is 13.7. The molecule has 0 aromatic carbocycles. The lowest BCUT2D eigenvalue weighted by molar-refractivity contribution is -0.192. The van der Waals surface area contributed by atoms with Crippen LogP contribution >= 0.6 is 0 Å². The molecule has 1 fully saturated rings. The molecule has 102 valence electrons. The van der Waals surface area contributed by atoms with Gasteiger partial charge < -0.3 is 10.4 Å². The maximum atomic E-state index is 10.9. The summed E-state index contributed by atoms with van der Waals surface area (Å²) in [5.74, 6) is -2.76. The Kier molecular flexibility index (Phi) is 5.85. The van der Waals surface area contributed by atoms with Crippen LogP contribution in [0.4, 0.5) is 13.2 Å². The van der Waals surface area contributed by atoms with Crippen LogP contribution in [-0.4, -0.2) is 62.4 Å². The maximum absolute atomic E-state index is 10.9. The Morgan fingerprint density at radius 3 is 1.82 bits per heavy atom. The highest BCUT2D eigenvalue weighted by Crippen LogP contribution is 2.13. The van der Waals surface area contributed by atoms with Crippen molar-refractivity contribution < 1.29 is 31.5 Å². The van der Waals surface area contributed by atoms with Gasteiger partial charge in [-0.15, -0.1) is 0 Å². The van der Waals surface area contributed by atoms with Crippen LogP contribution in [0.15, 0.2) is 0 Å². The molecule has 1 rings (SSSR count).